The highest BCUT2D eigenvalue weighted by Crippen LogP contribution is 2.21. The Kier molecular flexibility index (Phi) is 4.33. The first-order valence-electron chi connectivity index (χ1n) is 6.62. The van der Waals surface area contributed by atoms with E-state index in [-0.39, 0.29) is 5.82 Å². The van der Waals surface area contributed by atoms with Gasteiger partial charge in [-0.05, 0) is 29.8 Å². The molecule has 3 rings (SSSR count). The molecule has 1 N–H and O–H groups in total. The molecule has 0 amide bonds. The minimum Gasteiger partial charge on any atom is -0.307 e. The molecule has 0 aliphatic rings. The molecule has 0 atom stereocenters. The number of hydrogen-bond acceptors (Lipinski definition) is 4. The summed E-state index contributed by atoms with van der Waals surface area (Å²) in [5.74, 6) is -0.208. The number of rotatable bonds is 5. The highest BCUT2D eigenvalue weighted by molar-refractivity contribution is 7.13. The molecule has 3 nitrogen and oxygen atoms in total. The summed E-state index contributed by atoms with van der Waals surface area (Å²) in [5.41, 5.74) is 2.78. The van der Waals surface area contributed by atoms with Crippen LogP contribution in [0, 0.1) is 5.82 Å². The molecular formula is C16H14FN3S. The third-order valence-electron chi connectivity index (χ3n) is 2.96. The van der Waals surface area contributed by atoms with Gasteiger partial charge in [-0.3, -0.25) is 4.98 Å². The summed E-state index contributed by atoms with van der Waals surface area (Å²) >= 11 is 1.58. The summed E-state index contributed by atoms with van der Waals surface area (Å²) in [7, 11) is 0. The lowest BCUT2D eigenvalue weighted by atomic mass is 10.2. The van der Waals surface area contributed by atoms with Crippen LogP contribution in [0.3, 0.4) is 0 Å². The normalized spacial score (nSPS) is 10.7. The van der Waals surface area contributed by atoms with Gasteiger partial charge in [0.2, 0.25) is 0 Å². The van der Waals surface area contributed by atoms with Crippen molar-refractivity contribution in [1.82, 2.24) is 15.3 Å². The quantitative estimate of drug-likeness (QED) is 0.781. The summed E-state index contributed by atoms with van der Waals surface area (Å²) in [6.07, 6.45) is 1.76. The van der Waals surface area contributed by atoms with Crippen molar-refractivity contribution in [2.24, 2.45) is 0 Å². The Morgan fingerprint density at radius 2 is 2.05 bits per heavy atom. The zero-order valence-electron chi connectivity index (χ0n) is 11.3. The number of hydrogen-bond donors (Lipinski definition) is 1. The van der Waals surface area contributed by atoms with Gasteiger partial charge in [0.15, 0.2) is 0 Å². The highest BCUT2D eigenvalue weighted by Gasteiger charge is 2.05. The average molecular weight is 299 g/mol. The standard InChI is InChI=1S/C16H14FN3S/c17-13-5-3-4-12(8-13)9-18-10-14-11-21-16(20-14)15-6-1-2-7-19-15/h1-8,11,18H,9-10H2. The van der Waals surface area contributed by atoms with Gasteiger partial charge in [0.1, 0.15) is 10.8 Å². The predicted molar refractivity (Wildman–Crippen MR) is 82.3 cm³/mol. The van der Waals surface area contributed by atoms with Crippen molar-refractivity contribution < 1.29 is 4.39 Å². The first-order valence-corrected chi connectivity index (χ1v) is 7.50. The number of benzene rings is 1. The topological polar surface area (TPSA) is 37.8 Å². The number of aromatic nitrogens is 2. The molecule has 1 aromatic carbocycles. The largest absolute Gasteiger partial charge is 0.307 e. The van der Waals surface area contributed by atoms with Gasteiger partial charge in [0.25, 0.3) is 0 Å². The average Bonchev–Trinajstić information content (AvgIpc) is 2.97. The van der Waals surface area contributed by atoms with E-state index in [1.165, 1.54) is 12.1 Å². The van der Waals surface area contributed by atoms with Gasteiger partial charge >= 0.3 is 0 Å². The van der Waals surface area contributed by atoms with Crippen molar-refractivity contribution in [3.05, 3.63) is 71.1 Å². The van der Waals surface area contributed by atoms with Crippen molar-refractivity contribution in [3.63, 3.8) is 0 Å². The fourth-order valence-electron chi connectivity index (χ4n) is 1.98. The van der Waals surface area contributed by atoms with Crippen LogP contribution in [0.1, 0.15) is 11.3 Å². The third kappa shape index (κ3) is 3.71. The predicted octanol–water partition coefficient (Wildman–Crippen LogP) is 3.63. The van der Waals surface area contributed by atoms with Crippen molar-refractivity contribution in [3.8, 4) is 10.7 Å². The minimum atomic E-state index is -0.208. The van der Waals surface area contributed by atoms with Crippen molar-refractivity contribution in [2.45, 2.75) is 13.1 Å². The van der Waals surface area contributed by atoms with Crippen LogP contribution in [0.4, 0.5) is 4.39 Å². The summed E-state index contributed by atoms with van der Waals surface area (Å²) < 4.78 is 13.1. The lowest BCUT2D eigenvalue weighted by molar-refractivity contribution is 0.619. The van der Waals surface area contributed by atoms with Crippen LogP contribution in [0.5, 0.6) is 0 Å². The van der Waals surface area contributed by atoms with E-state index < -0.39 is 0 Å². The summed E-state index contributed by atoms with van der Waals surface area (Å²) in [6.45, 7) is 1.27. The Balaban J connectivity index is 1.58. The lowest BCUT2D eigenvalue weighted by Crippen LogP contribution is -2.12. The highest BCUT2D eigenvalue weighted by atomic mass is 32.1. The molecule has 106 valence electrons. The van der Waals surface area contributed by atoms with Gasteiger partial charge < -0.3 is 5.32 Å². The lowest BCUT2D eigenvalue weighted by Gasteiger charge is -2.03. The Hall–Kier alpha value is -2.11. The first-order chi connectivity index (χ1) is 10.3. The molecule has 5 heteroatoms. The molecule has 2 aromatic heterocycles. The maximum Gasteiger partial charge on any atom is 0.142 e. The summed E-state index contributed by atoms with van der Waals surface area (Å²) in [4.78, 5) is 8.83. The van der Waals surface area contributed by atoms with E-state index in [0.29, 0.717) is 13.1 Å². The van der Waals surface area contributed by atoms with Crippen molar-refractivity contribution >= 4 is 11.3 Å². The van der Waals surface area contributed by atoms with Gasteiger partial charge in [-0.2, -0.15) is 0 Å². The molecular weight excluding hydrogens is 285 g/mol. The number of halogens is 1. The van der Waals surface area contributed by atoms with Crippen LogP contribution in [-0.2, 0) is 13.1 Å². The maximum atomic E-state index is 13.1. The molecule has 0 fully saturated rings. The van der Waals surface area contributed by atoms with E-state index in [4.69, 9.17) is 0 Å². The molecule has 0 saturated heterocycles. The van der Waals surface area contributed by atoms with Crippen molar-refractivity contribution in [1.29, 1.82) is 0 Å². The van der Waals surface area contributed by atoms with E-state index in [1.54, 1.807) is 23.6 Å². The van der Waals surface area contributed by atoms with Gasteiger partial charge in [-0.15, -0.1) is 11.3 Å². The molecule has 0 unspecified atom stereocenters. The molecule has 0 aliphatic carbocycles. The first kappa shape index (κ1) is 13.9. The van der Waals surface area contributed by atoms with Gasteiger partial charge in [-0.25, -0.2) is 9.37 Å². The smallest absolute Gasteiger partial charge is 0.142 e. The maximum absolute atomic E-state index is 13.1. The summed E-state index contributed by atoms with van der Waals surface area (Å²) in [5, 5.41) is 6.20. The molecule has 0 radical (unpaired) electrons. The van der Waals surface area contributed by atoms with E-state index in [1.807, 2.05) is 29.6 Å². The van der Waals surface area contributed by atoms with Gasteiger partial charge in [-0.1, -0.05) is 18.2 Å². The molecule has 0 aliphatic heterocycles. The van der Waals surface area contributed by atoms with Crippen LogP contribution >= 0.6 is 11.3 Å². The van der Waals surface area contributed by atoms with Crippen LogP contribution in [0.25, 0.3) is 10.7 Å². The monoisotopic (exact) mass is 299 g/mol. The number of pyridine rings is 1. The van der Waals surface area contributed by atoms with Gasteiger partial charge in [0, 0.05) is 24.7 Å². The molecule has 0 saturated carbocycles. The Bertz CT molecular complexity index is 712. The Labute approximate surface area is 126 Å². The zero-order chi connectivity index (χ0) is 14.5. The number of nitrogens with zero attached hydrogens (tertiary/aromatic N) is 2. The fraction of sp³-hybridized carbons (Fsp3) is 0.125. The second-order valence-corrected chi connectivity index (χ2v) is 5.45. The molecule has 2 heterocycles. The Morgan fingerprint density at radius 3 is 2.86 bits per heavy atom. The SMILES string of the molecule is Fc1cccc(CNCc2csc(-c3ccccn3)n2)c1. The van der Waals surface area contributed by atoms with Crippen LogP contribution in [-0.4, -0.2) is 9.97 Å². The van der Waals surface area contributed by atoms with Crippen molar-refractivity contribution in [2.75, 3.05) is 0 Å². The molecule has 0 bridgehead atoms. The second-order valence-electron chi connectivity index (χ2n) is 4.59. The minimum absolute atomic E-state index is 0.208. The van der Waals surface area contributed by atoms with E-state index in [0.717, 1.165) is 22.0 Å². The fourth-order valence-corrected chi connectivity index (χ4v) is 2.77. The molecule has 0 spiro atoms. The Morgan fingerprint density at radius 1 is 1.10 bits per heavy atom. The van der Waals surface area contributed by atoms with E-state index in [2.05, 4.69) is 15.3 Å². The van der Waals surface area contributed by atoms with Crippen LogP contribution in [0.15, 0.2) is 54.0 Å². The third-order valence-corrected chi connectivity index (χ3v) is 3.87. The number of nitrogens with one attached hydrogen (secondary N) is 1. The van der Waals surface area contributed by atoms with Crippen LogP contribution < -0.4 is 5.32 Å². The molecule has 21 heavy (non-hydrogen) atoms. The zero-order valence-corrected chi connectivity index (χ0v) is 12.1. The molecule has 3 aromatic rings. The second kappa shape index (κ2) is 6.56. The van der Waals surface area contributed by atoms with E-state index in [9.17, 15) is 4.39 Å². The van der Waals surface area contributed by atoms with Gasteiger partial charge in [0.05, 0.1) is 11.4 Å². The van der Waals surface area contributed by atoms with E-state index >= 15 is 0 Å². The summed E-state index contributed by atoms with van der Waals surface area (Å²) in [6, 6.07) is 12.4. The number of thiazole rings is 1. The van der Waals surface area contributed by atoms with Crippen LogP contribution in [0.2, 0.25) is 0 Å².